The Morgan fingerprint density at radius 2 is 2.33 bits per heavy atom. The molecule has 0 spiro atoms. The van der Waals surface area contributed by atoms with Gasteiger partial charge in [0, 0.05) is 36.9 Å². The van der Waals surface area contributed by atoms with E-state index in [2.05, 4.69) is 20.6 Å². The molecule has 2 N–H and O–H groups in total. The van der Waals surface area contributed by atoms with Gasteiger partial charge in [-0.1, -0.05) is 28.2 Å². The zero-order valence-electron chi connectivity index (χ0n) is 9.77. The SMILES string of the molecule is Nc1cccc2c1CN(Cc1nnsc1Cl)CC2. The highest BCUT2D eigenvalue weighted by Gasteiger charge is 2.19. The largest absolute Gasteiger partial charge is 0.398 e. The summed E-state index contributed by atoms with van der Waals surface area (Å²) in [6.45, 7) is 2.60. The highest BCUT2D eigenvalue weighted by Crippen LogP contribution is 2.26. The summed E-state index contributed by atoms with van der Waals surface area (Å²) >= 11 is 7.27. The van der Waals surface area contributed by atoms with E-state index in [9.17, 15) is 0 Å². The molecule has 1 aliphatic rings. The van der Waals surface area contributed by atoms with Crippen LogP contribution in [0.2, 0.25) is 4.34 Å². The molecule has 18 heavy (non-hydrogen) atoms. The fourth-order valence-corrected chi connectivity index (χ4v) is 2.91. The summed E-state index contributed by atoms with van der Waals surface area (Å²) in [5.41, 5.74) is 10.4. The van der Waals surface area contributed by atoms with E-state index in [1.54, 1.807) is 0 Å². The molecule has 0 radical (unpaired) electrons. The third-order valence-electron chi connectivity index (χ3n) is 3.27. The van der Waals surface area contributed by atoms with Crippen LogP contribution in [0.1, 0.15) is 16.8 Å². The van der Waals surface area contributed by atoms with Gasteiger partial charge in [-0.05, 0) is 23.6 Å². The molecule has 0 bridgehead atoms. The zero-order valence-corrected chi connectivity index (χ0v) is 11.3. The third-order valence-corrected chi connectivity index (χ3v) is 4.26. The van der Waals surface area contributed by atoms with Gasteiger partial charge in [0.1, 0.15) is 10.0 Å². The van der Waals surface area contributed by atoms with E-state index in [-0.39, 0.29) is 0 Å². The summed E-state index contributed by atoms with van der Waals surface area (Å²) in [5.74, 6) is 0. The van der Waals surface area contributed by atoms with Crippen molar-refractivity contribution in [1.82, 2.24) is 14.5 Å². The van der Waals surface area contributed by atoms with Crippen LogP contribution in [0.25, 0.3) is 0 Å². The Morgan fingerprint density at radius 1 is 1.44 bits per heavy atom. The van der Waals surface area contributed by atoms with Crippen molar-refractivity contribution in [1.29, 1.82) is 0 Å². The topological polar surface area (TPSA) is 55.0 Å². The Bertz CT molecular complexity index is 569. The fourth-order valence-electron chi connectivity index (χ4n) is 2.30. The van der Waals surface area contributed by atoms with Gasteiger partial charge in [0.25, 0.3) is 0 Å². The summed E-state index contributed by atoms with van der Waals surface area (Å²) in [7, 11) is 0. The first-order valence-corrected chi connectivity index (χ1v) is 6.94. The van der Waals surface area contributed by atoms with Crippen LogP contribution in [0.4, 0.5) is 5.69 Å². The molecule has 0 fully saturated rings. The highest BCUT2D eigenvalue weighted by molar-refractivity contribution is 7.10. The number of hydrogen-bond donors (Lipinski definition) is 1. The number of fused-ring (bicyclic) bond motifs is 1. The Balaban J connectivity index is 1.79. The first-order valence-electron chi connectivity index (χ1n) is 5.79. The lowest BCUT2D eigenvalue weighted by molar-refractivity contribution is 0.243. The first kappa shape index (κ1) is 11.9. The van der Waals surface area contributed by atoms with Crippen LogP contribution < -0.4 is 5.73 Å². The van der Waals surface area contributed by atoms with E-state index >= 15 is 0 Å². The smallest absolute Gasteiger partial charge is 0.138 e. The second kappa shape index (κ2) is 4.84. The van der Waals surface area contributed by atoms with Gasteiger partial charge < -0.3 is 5.73 Å². The van der Waals surface area contributed by atoms with Gasteiger partial charge in [0.15, 0.2) is 0 Å². The lowest BCUT2D eigenvalue weighted by Gasteiger charge is -2.28. The van der Waals surface area contributed by atoms with Gasteiger partial charge in [-0.15, -0.1) is 5.10 Å². The number of nitrogens with two attached hydrogens (primary N) is 1. The number of nitrogens with zero attached hydrogens (tertiary/aromatic N) is 3. The van der Waals surface area contributed by atoms with E-state index in [1.807, 2.05) is 12.1 Å². The number of rotatable bonds is 2. The quantitative estimate of drug-likeness (QED) is 0.858. The average Bonchev–Trinajstić information content (AvgIpc) is 2.76. The maximum atomic E-state index is 6.03. The van der Waals surface area contributed by atoms with Gasteiger partial charge in [-0.2, -0.15) is 0 Å². The lowest BCUT2D eigenvalue weighted by atomic mass is 9.98. The third kappa shape index (κ3) is 2.21. The highest BCUT2D eigenvalue weighted by atomic mass is 35.5. The maximum absolute atomic E-state index is 6.03. The summed E-state index contributed by atoms with van der Waals surface area (Å²) in [5, 5.41) is 4.05. The zero-order chi connectivity index (χ0) is 12.5. The van der Waals surface area contributed by atoms with Gasteiger partial charge in [0.05, 0.1) is 0 Å². The molecular formula is C12H13ClN4S. The second-order valence-corrected chi connectivity index (χ2v) is 5.80. The van der Waals surface area contributed by atoms with E-state index < -0.39 is 0 Å². The number of halogens is 1. The van der Waals surface area contributed by atoms with Crippen LogP contribution in [0, 0.1) is 0 Å². The average molecular weight is 281 g/mol. The molecule has 1 aliphatic heterocycles. The monoisotopic (exact) mass is 280 g/mol. The molecule has 0 aliphatic carbocycles. The molecular weight excluding hydrogens is 268 g/mol. The van der Waals surface area contributed by atoms with Crippen molar-refractivity contribution in [3.05, 3.63) is 39.4 Å². The minimum Gasteiger partial charge on any atom is -0.398 e. The molecule has 1 aromatic carbocycles. The van der Waals surface area contributed by atoms with Crippen LogP contribution in [-0.4, -0.2) is 21.0 Å². The van der Waals surface area contributed by atoms with Crippen LogP contribution in [0.5, 0.6) is 0 Å². The lowest BCUT2D eigenvalue weighted by Crippen LogP contribution is -2.30. The van der Waals surface area contributed by atoms with Crippen LogP contribution in [0.15, 0.2) is 18.2 Å². The minimum absolute atomic E-state index is 0.682. The predicted octanol–water partition coefficient (Wildman–Crippen LogP) is 2.33. The molecule has 1 aromatic heterocycles. The van der Waals surface area contributed by atoms with Gasteiger partial charge in [0.2, 0.25) is 0 Å². The minimum atomic E-state index is 0.682. The summed E-state index contributed by atoms with van der Waals surface area (Å²) in [6, 6.07) is 6.13. The van der Waals surface area contributed by atoms with Gasteiger partial charge in [-0.25, -0.2) is 0 Å². The standard InChI is InChI=1S/C12H13ClN4S/c13-12-11(15-16-18-12)7-17-5-4-8-2-1-3-10(14)9(8)6-17/h1-3H,4-7,14H2. The molecule has 0 unspecified atom stereocenters. The van der Waals surface area contributed by atoms with Crippen molar-refractivity contribution in [3.8, 4) is 0 Å². The molecule has 0 amide bonds. The van der Waals surface area contributed by atoms with Crippen molar-refractivity contribution >= 4 is 28.8 Å². The van der Waals surface area contributed by atoms with Crippen molar-refractivity contribution in [3.63, 3.8) is 0 Å². The molecule has 0 atom stereocenters. The molecule has 0 saturated heterocycles. The molecule has 2 heterocycles. The number of nitrogen functional groups attached to an aromatic ring is 1. The van der Waals surface area contributed by atoms with Crippen molar-refractivity contribution in [2.24, 2.45) is 0 Å². The predicted molar refractivity (Wildman–Crippen MR) is 73.6 cm³/mol. The second-order valence-electron chi connectivity index (χ2n) is 4.44. The van der Waals surface area contributed by atoms with Crippen molar-refractivity contribution in [2.75, 3.05) is 12.3 Å². The van der Waals surface area contributed by atoms with Crippen LogP contribution in [-0.2, 0) is 19.5 Å². The maximum Gasteiger partial charge on any atom is 0.138 e. The van der Waals surface area contributed by atoms with E-state index in [0.29, 0.717) is 4.34 Å². The number of benzene rings is 1. The summed E-state index contributed by atoms with van der Waals surface area (Å²) in [6.07, 6.45) is 1.02. The van der Waals surface area contributed by atoms with Crippen LogP contribution in [0.3, 0.4) is 0 Å². The molecule has 4 nitrogen and oxygen atoms in total. The summed E-state index contributed by atoms with van der Waals surface area (Å²) < 4.78 is 4.54. The Morgan fingerprint density at radius 3 is 3.11 bits per heavy atom. The van der Waals surface area contributed by atoms with Crippen molar-refractivity contribution in [2.45, 2.75) is 19.5 Å². The number of hydrogen-bond acceptors (Lipinski definition) is 5. The molecule has 94 valence electrons. The first-order chi connectivity index (χ1) is 8.74. The molecule has 3 rings (SSSR count). The fraction of sp³-hybridized carbons (Fsp3) is 0.333. The molecule has 0 saturated carbocycles. The van der Waals surface area contributed by atoms with Crippen molar-refractivity contribution < 1.29 is 0 Å². The Hall–Kier alpha value is -1.17. The van der Waals surface area contributed by atoms with E-state index in [0.717, 1.165) is 37.4 Å². The summed E-state index contributed by atoms with van der Waals surface area (Å²) in [4.78, 5) is 2.31. The molecule has 6 heteroatoms. The Kier molecular flexibility index (Phi) is 3.20. The normalized spacial score (nSPS) is 15.6. The number of anilines is 1. The van der Waals surface area contributed by atoms with Gasteiger partial charge >= 0.3 is 0 Å². The van der Waals surface area contributed by atoms with E-state index in [4.69, 9.17) is 17.3 Å². The van der Waals surface area contributed by atoms with Crippen LogP contribution >= 0.6 is 23.1 Å². The number of aromatic nitrogens is 2. The van der Waals surface area contributed by atoms with E-state index in [1.165, 1.54) is 22.7 Å². The van der Waals surface area contributed by atoms with Gasteiger partial charge in [-0.3, -0.25) is 4.90 Å². The molecule has 2 aromatic rings. The Labute approximate surface area is 115 Å².